The monoisotopic (exact) mass is 528 g/mol. The zero-order chi connectivity index (χ0) is 20.5. The summed E-state index contributed by atoms with van der Waals surface area (Å²) in [6.45, 7) is 3.37. The number of non-ortho nitro benzene ring substituents is 1. The van der Waals surface area contributed by atoms with Crippen molar-refractivity contribution in [2.24, 2.45) is 10.9 Å². The van der Waals surface area contributed by atoms with Crippen LogP contribution in [-0.2, 0) is 17.7 Å². The molecule has 1 aliphatic heterocycles. The zero-order valence-corrected chi connectivity index (χ0v) is 18.9. The van der Waals surface area contributed by atoms with E-state index in [2.05, 4.69) is 15.6 Å². The van der Waals surface area contributed by atoms with Crippen molar-refractivity contribution in [3.63, 3.8) is 0 Å². The molecule has 7 nitrogen and oxygen atoms in total. The van der Waals surface area contributed by atoms with Gasteiger partial charge in [-0.25, -0.2) is 9.38 Å². The van der Waals surface area contributed by atoms with Crippen molar-refractivity contribution >= 4 is 35.6 Å². The van der Waals surface area contributed by atoms with Gasteiger partial charge in [0.15, 0.2) is 5.96 Å². The molecule has 1 fully saturated rings. The Morgan fingerprint density at radius 3 is 2.47 bits per heavy atom. The number of guanidine groups is 1. The second-order valence-corrected chi connectivity index (χ2v) is 7.00. The Hall–Kier alpha value is -2.27. The topological polar surface area (TPSA) is 88.8 Å². The van der Waals surface area contributed by atoms with E-state index < -0.39 is 4.92 Å². The molecule has 1 atom stereocenters. The fraction of sp³-hybridized carbons (Fsp3) is 0.381. The molecular weight excluding hydrogens is 502 g/mol. The van der Waals surface area contributed by atoms with Crippen molar-refractivity contribution in [3.05, 3.63) is 75.6 Å². The number of nitro groups is 1. The first-order valence-electron chi connectivity index (χ1n) is 9.68. The Kier molecular flexibility index (Phi) is 9.95. The highest BCUT2D eigenvalue weighted by atomic mass is 127. The maximum absolute atomic E-state index is 13.0. The third-order valence-corrected chi connectivity index (χ3v) is 4.77. The molecule has 162 valence electrons. The first-order valence-corrected chi connectivity index (χ1v) is 9.68. The van der Waals surface area contributed by atoms with Crippen LogP contribution in [0.15, 0.2) is 53.5 Å². The highest BCUT2D eigenvalue weighted by Crippen LogP contribution is 2.13. The van der Waals surface area contributed by atoms with Gasteiger partial charge in [0.1, 0.15) is 5.82 Å². The van der Waals surface area contributed by atoms with Gasteiger partial charge in [-0.2, -0.15) is 0 Å². The van der Waals surface area contributed by atoms with E-state index in [1.54, 1.807) is 24.3 Å². The number of hydrogen-bond donors (Lipinski definition) is 2. The van der Waals surface area contributed by atoms with E-state index in [1.165, 1.54) is 24.3 Å². The van der Waals surface area contributed by atoms with E-state index in [9.17, 15) is 14.5 Å². The number of rotatable bonds is 8. The number of nitrogens with one attached hydrogen (secondary N) is 2. The summed E-state index contributed by atoms with van der Waals surface area (Å²) < 4.78 is 18.4. The molecule has 9 heteroatoms. The highest BCUT2D eigenvalue weighted by molar-refractivity contribution is 14.0. The molecule has 0 bridgehead atoms. The van der Waals surface area contributed by atoms with E-state index in [-0.39, 0.29) is 35.5 Å². The second kappa shape index (κ2) is 12.4. The average Bonchev–Trinajstić information content (AvgIpc) is 3.25. The van der Waals surface area contributed by atoms with Gasteiger partial charge in [-0.1, -0.05) is 24.3 Å². The minimum Gasteiger partial charge on any atom is -0.381 e. The normalized spacial score (nSPS) is 16.0. The minimum atomic E-state index is -0.416. The lowest BCUT2D eigenvalue weighted by molar-refractivity contribution is -0.384. The van der Waals surface area contributed by atoms with Crippen LogP contribution >= 0.6 is 24.0 Å². The van der Waals surface area contributed by atoms with E-state index in [1.807, 2.05) is 0 Å². The Balaban J connectivity index is 0.00000320. The molecule has 2 N–H and O–H groups in total. The molecule has 2 aromatic rings. The Morgan fingerprint density at radius 2 is 1.83 bits per heavy atom. The summed E-state index contributed by atoms with van der Waals surface area (Å²) in [4.78, 5) is 15.0. The van der Waals surface area contributed by atoms with Crippen molar-refractivity contribution in [2.75, 3.05) is 26.3 Å². The number of benzene rings is 2. The first kappa shape index (κ1) is 24.0. The molecule has 3 rings (SSSR count). The van der Waals surface area contributed by atoms with Crippen LogP contribution in [0.2, 0.25) is 0 Å². The zero-order valence-electron chi connectivity index (χ0n) is 16.6. The molecule has 30 heavy (non-hydrogen) atoms. The van der Waals surface area contributed by atoms with Crippen molar-refractivity contribution in [2.45, 2.75) is 19.4 Å². The van der Waals surface area contributed by atoms with Crippen LogP contribution in [0, 0.1) is 21.8 Å². The minimum absolute atomic E-state index is 0. The standard InChI is InChI=1S/C21H25FN4O3.HI/c22-19-5-1-16(2-6-19)9-11-23-21(25-14-18-10-12-29-15-18)24-13-17-3-7-20(8-4-17)26(27)28;/h1-8,18H,9-15H2,(H2,23,24,25);1H. The summed E-state index contributed by atoms with van der Waals surface area (Å²) in [5.74, 6) is 0.892. The van der Waals surface area contributed by atoms with Gasteiger partial charge in [-0.3, -0.25) is 10.1 Å². The maximum Gasteiger partial charge on any atom is 0.269 e. The Bertz CT molecular complexity index is 825. The molecule has 0 radical (unpaired) electrons. The van der Waals surface area contributed by atoms with Gasteiger partial charge in [-0.15, -0.1) is 24.0 Å². The van der Waals surface area contributed by atoms with Crippen LogP contribution in [0.5, 0.6) is 0 Å². The fourth-order valence-corrected chi connectivity index (χ4v) is 3.03. The van der Waals surface area contributed by atoms with Crippen molar-refractivity contribution in [1.82, 2.24) is 10.6 Å². The predicted octanol–water partition coefficient (Wildman–Crippen LogP) is 3.67. The van der Waals surface area contributed by atoms with E-state index in [0.717, 1.165) is 43.7 Å². The van der Waals surface area contributed by atoms with Crippen molar-refractivity contribution in [3.8, 4) is 0 Å². The number of aliphatic imine (C=N–C) groups is 1. The maximum atomic E-state index is 13.0. The lowest BCUT2D eigenvalue weighted by Gasteiger charge is -2.15. The van der Waals surface area contributed by atoms with Crippen LogP contribution in [0.4, 0.5) is 10.1 Å². The van der Waals surface area contributed by atoms with Crippen LogP contribution in [0.3, 0.4) is 0 Å². The largest absolute Gasteiger partial charge is 0.381 e. The van der Waals surface area contributed by atoms with Gasteiger partial charge in [0.2, 0.25) is 0 Å². The molecule has 0 aliphatic carbocycles. The molecule has 0 aromatic heterocycles. The summed E-state index contributed by atoms with van der Waals surface area (Å²) in [6, 6.07) is 12.8. The van der Waals surface area contributed by atoms with Gasteiger partial charge >= 0.3 is 0 Å². The quantitative estimate of drug-likeness (QED) is 0.180. The number of nitro benzene ring substituents is 1. The van der Waals surface area contributed by atoms with Crippen LogP contribution in [-0.4, -0.2) is 37.2 Å². The lowest BCUT2D eigenvalue weighted by atomic mass is 10.1. The predicted molar refractivity (Wildman–Crippen MR) is 125 cm³/mol. The summed E-state index contributed by atoms with van der Waals surface area (Å²) in [5, 5.41) is 17.4. The van der Waals surface area contributed by atoms with E-state index in [0.29, 0.717) is 25.0 Å². The number of ether oxygens (including phenoxy) is 1. The molecule has 1 saturated heterocycles. The van der Waals surface area contributed by atoms with Gasteiger partial charge in [0.05, 0.1) is 18.1 Å². The van der Waals surface area contributed by atoms with Gasteiger partial charge in [0.25, 0.3) is 5.69 Å². The molecule has 0 spiro atoms. The molecule has 1 aliphatic rings. The molecule has 2 aromatic carbocycles. The summed E-state index contributed by atoms with van der Waals surface area (Å²) in [6.07, 6.45) is 1.77. The summed E-state index contributed by atoms with van der Waals surface area (Å²) >= 11 is 0. The summed E-state index contributed by atoms with van der Waals surface area (Å²) in [5.41, 5.74) is 1.99. The summed E-state index contributed by atoms with van der Waals surface area (Å²) in [7, 11) is 0. The number of nitrogens with zero attached hydrogens (tertiary/aromatic N) is 2. The lowest BCUT2D eigenvalue weighted by Crippen LogP contribution is -2.41. The van der Waals surface area contributed by atoms with Crippen LogP contribution in [0.1, 0.15) is 17.5 Å². The van der Waals surface area contributed by atoms with E-state index >= 15 is 0 Å². The average molecular weight is 528 g/mol. The van der Waals surface area contributed by atoms with Crippen molar-refractivity contribution in [1.29, 1.82) is 0 Å². The molecule has 0 saturated carbocycles. The van der Waals surface area contributed by atoms with Crippen LogP contribution < -0.4 is 10.6 Å². The highest BCUT2D eigenvalue weighted by Gasteiger charge is 2.15. The van der Waals surface area contributed by atoms with Crippen molar-refractivity contribution < 1.29 is 14.1 Å². The molecular formula is C21H26FIN4O3. The van der Waals surface area contributed by atoms with Crippen LogP contribution in [0.25, 0.3) is 0 Å². The fourth-order valence-electron chi connectivity index (χ4n) is 3.03. The Labute approximate surface area is 192 Å². The molecule has 1 unspecified atom stereocenters. The number of hydrogen-bond acceptors (Lipinski definition) is 4. The van der Waals surface area contributed by atoms with Gasteiger partial charge in [-0.05, 0) is 36.1 Å². The third kappa shape index (κ3) is 7.86. The van der Waals surface area contributed by atoms with E-state index in [4.69, 9.17) is 4.74 Å². The van der Waals surface area contributed by atoms with Gasteiger partial charge < -0.3 is 15.4 Å². The first-order chi connectivity index (χ1) is 14.1. The molecule has 1 heterocycles. The third-order valence-electron chi connectivity index (χ3n) is 4.77. The smallest absolute Gasteiger partial charge is 0.269 e. The SMILES string of the molecule is I.O=[N+]([O-])c1ccc(CN=C(NCCc2ccc(F)cc2)NCC2CCOC2)cc1. The van der Waals surface area contributed by atoms with Gasteiger partial charge in [0, 0.05) is 37.7 Å². The number of halogens is 2. The second-order valence-electron chi connectivity index (χ2n) is 7.00. The Morgan fingerprint density at radius 1 is 1.13 bits per heavy atom. The molecule has 0 amide bonds.